The number of amides is 1. The van der Waals surface area contributed by atoms with Crippen LogP contribution in [0, 0.1) is 13.8 Å². The average Bonchev–Trinajstić information content (AvgIpc) is 3.38. The van der Waals surface area contributed by atoms with Gasteiger partial charge in [0.1, 0.15) is 5.76 Å². The molecule has 7 heteroatoms. The number of ether oxygens (including phenoxy) is 1. The Morgan fingerprint density at radius 2 is 2.30 bits per heavy atom. The number of fused-ring (bicyclic) bond motifs is 1. The second-order valence-corrected chi connectivity index (χ2v) is 8.60. The van der Waals surface area contributed by atoms with Gasteiger partial charge in [-0.1, -0.05) is 5.16 Å². The average molecular weight is 390 g/mol. The molecule has 2 aromatic rings. The lowest BCUT2D eigenvalue weighted by atomic mass is 10.0. The summed E-state index contributed by atoms with van der Waals surface area (Å²) in [5.41, 5.74) is 4.27. The fourth-order valence-corrected chi connectivity index (χ4v) is 5.14. The van der Waals surface area contributed by atoms with Crippen LogP contribution in [0.15, 0.2) is 9.90 Å². The normalized spacial score (nSPS) is 20.0. The molecule has 0 aliphatic carbocycles. The molecule has 1 saturated heterocycles. The fourth-order valence-electron chi connectivity index (χ4n) is 4.03. The smallest absolute Gasteiger partial charge is 0.254 e. The van der Waals surface area contributed by atoms with E-state index in [1.54, 1.807) is 11.3 Å². The molecule has 0 unspecified atom stereocenters. The summed E-state index contributed by atoms with van der Waals surface area (Å²) in [5, 5.41) is 6.10. The van der Waals surface area contributed by atoms with E-state index in [-0.39, 0.29) is 12.0 Å². The van der Waals surface area contributed by atoms with Gasteiger partial charge in [0, 0.05) is 55.7 Å². The highest BCUT2D eigenvalue weighted by Crippen LogP contribution is 2.31. The van der Waals surface area contributed by atoms with Crippen molar-refractivity contribution in [1.29, 1.82) is 0 Å². The SMILES string of the molecule is Cc1noc(C)c1CN1CCc2c(C(=O)N(C)C[C@H]3CCCO3)csc2C1. The van der Waals surface area contributed by atoms with E-state index in [1.165, 1.54) is 16.0 Å². The maximum atomic E-state index is 12.9. The zero-order valence-corrected chi connectivity index (χ0v) is 17.1. The van der Waals surface area contributed by atoms with Crippen molar-refractivity contribution in [2.24, 2.45) is 0 Å². The molecule has 4 heterocycles. The van der Waals surface area contributed by atoms with Gasteiger partial charge in [-0.15, -0.1) is 11.3 Å². The van der Waals surface area contributed by atoms with Crippen LogP contribution in [0.3, 0.4) is 0 Å². The largest absolute Gasteiger partial charge is 0.376 e. The first-order valence-corrected chi connectivity index (χ1v) is 10.5. The number of carbonyl (C=O) groups is 1. The molecule has 0 bridgehead atoms. The molecule has 0 radical (unpaired) electrons. The standard InChI is InChI=1S/C20H27N3O3S/c1-13-17(14(2)26-21-13)10-23-7-6-16-18(12-27-19(16)11-23)20(24)22(3)9-15-5-4-8-25-15/h12,15H,4-11H2,1-3H3/t15-/m1/s1. The van der Waals surface area contributed by atoms with Crippen molar-refractivity contribution in [3.8, 4) is 0 Å². The molecular formula is C20H27N3O3S. The van der Waals surface area contributed by atoms with Gasteiger partial charge in [0.15, 0.2) is 0 Å². The van der Waals surface area contributed by atoms with Gasteiger partial charge in [0.25, 0.3) is 5.91 Å². The highest BCUT2D eigenvalue weighted by atomic mass is 32.1. The van der Waals surface area contributed by atoms with Crippen molar-refractivity contribution >= 4 is 17.2 Å². The molecule has 0 N–H and O–H groups in total. The quantitative estimate of drug-likeness (QED) is 0.786. The molecule has 0 spiro atoms. The third kappa shape index (κ3) is 3.81. The van der Waals surface area contributed by atoms with Crippen LogP contribution in [0.25, 0.3) is 0 Å². The third-order valence-corrected chi connectivity index (χ3v) is 6.68. The summed E-state index contributed by atoms with van der Waals surface area (Å²) in [5.74, 6) is 1.03. The van der Waals surface area contributed by atoms with Crippen LogP contribution in [0.1, 0.15) is 50.7 Å². The maximum Gasteiger partial charge on any atom is 0.254 e. The van der Waals surface area contributed by atoms with Gasteiger partial charge >= 0.3 is 0 Å². The van der Waals surface area contributed by atoms with Crippen LogP contribution in [-0.4, -0.2) is 53.7 Å². The monoisotopic (exact) mass is 389 g/mol. The molecule has 1 amide bonds. The number of carbonyl (C=O) groups excluding carboxylic acids is 1. The van der Waals surface area contributed by atoms with E-state index in [0.717, 1.165) is 62.5 Å². The Morgan fingerprint density at radius 1 is 1.44 bits per heavy atom. The molecule has 1 atom stereocenters. The molecular weight excluding hydrogens is 362 g/mol. The molecule has 2 aliphatic heterocycles. The van der Waals surface area contributed by atoms with E-state index < -0.39 is 0 Å². The highest BCUT2D eigenvalue weighted by Gasteiger charge is 2.27. The van der Waals surface area contributed by atoms with E-state index in [9.17, 15) is 4.79 Å². The van der Waals surface area contributed by atoms with Gasteiger partial charge in [-0.2, -0.15) is 0 Å². The molecule has 146 valence electrons. The van der Waals surface area contributed by atoms with E-state index in [4.69, 9.17) is 9.26 Å². The van der Waals surface area contributed by atoms with Crippen LogP contribution in [0.4, 0.5) is 0 Å². The number of rotatable bonds is 5. The second-order valence-electron chi connectivity index (χ2n) is 7.64. The number of aromatic nitrogens is 1. The summed E-state index contributed by atoms with van der Waals surface area (Å²) in [6, 6.07) is 0. The Kier molecular flexibility index (Phi) is 5.34. The molecule has 27 heavy (non-hydrogen) atoms. The van der Waals surface area contributed by atoms with Crippen LogP contribution in [0.2, 0.25) is 0 Å². The van der Waals surface area contributed by atoms with Crippen LogP contribution in [-0.2, 0) is 24.2 Å². The van der Waals surface area contributed by atoms with E-state index in [1.807, 2.05) is 31.2 Å². The Bertz CT molecular complexity index is 803. The summed E-state index contributed by atoms with van der Waals surface area (Å²) in [6.07, 6.45) is 3.26. The molecule has 2 aromatic heterocycles. The lowest BCUT2D eigenvalue weighted by Crippen LogP contribution is -2.35. The first-order valence-electron chi connectivity index (χ1n) is 9.63. The minimum Gasteiger partial charge on any atom is -0.376 e. The van der Waals surface area contributed by atoms with Crippen LogP contribution < -0.4 is 0 Å². The van der Waals surface area contributed by atoms with Gasteiger partial charge in [-0.3, -0.25) is 9.69 Å². The summed E-state index contributed by atoms with van der Waals surface area (Å²) >= 11 is 1.71. The van der Waals surface area contributed by atoms with Crippen molar-refractivity contribution in [1.82, 2.24) is 15.0 Å². The van der Waals surface area contributed by atoms with Crippen LogP contribution >= 0.6 is 11.3 Å². The predicted molar refractivity (Wildman–Crippen MR) is 104 cm³/mol. The van der Waals surface area contributed by atoms with Gasteiger partial charge in [-0.05, 0) is 38.7 Å². The number of nitrogens with zero attached hydrogens (tertiary/aromatic N) is 3. The zero-order chi connectivity index (χ0) is 19.0. The molecule has 0 aromatic carbocycles. The number of thiophene rings is 1. The fraction of sp³-hybridized carbons (Fsp3) is 0.600. The van der Waals surface area contributed by atoms with Gasteiger partial charge in [-0.25, -0.2) is 0 Å². The maximum absolute atomic E-state index is 12.9. The number of hydrogen-bond acceptors (Lipinski definition) is 6. The van der Waals surface area contributed by atoms with Gasteiger partial charge < -0.3 is 14.2 Å². The topological polar surface area (TPSA) is 58.8 Å². The van der Waals surface area contributed by atoms with E-state index in [2.05, 4.69) is 10.1 Å². The van der Waals surface area contributed by atoms with Crippen molar-refractivity contribution in [2.75, 3.05) is 26.7 Å². The second kappa shape index (κ2) is 7.73. The Hall–Kier alpha value is -1.70. The first-order chi connectivity index (χ1) is 13.0. The highest BCUT2D eigenvalue weighted by molar-refractivity contribution is 7.10. The Balaban J connectivity index is 1.42. The third-order valence-electron chi connectivity index (χ3n) is 5.67. The molecule has 0 saturated carbocycles. The minimum atomic E-state index is 0.127. The molecule has 1 fully saturated rings. The summed E-state index contributed by atoms with van der Waals surface area (Å²) in [4.78, 5) is 18.5. The number of likely N-dealkylation sites (N-methyl/N-ethyl adjacent to an activating group) is 1. The Morgan fingerprint density at radius 3 is 3.00 bits per heavy atom. The van der Waals surface area contributed by atoms with E-state index in [0.29, 0.717) is 6.54 Å². The van der Waals surface area contributed by atoms with Gasteiger partial charge in [0.05, 0.1) is 17.4 Å². The van der Waals surface area contributed by atoms with Gasteiger partial charge in [0.2, 0.25) is 0 Å². The zero-order valence-electron chi connectivity index (χ0n) is 16.3. The Labute approximate surface area is 164 Å². The predicted octanol–water partition coefficient (Wildman–Crippen LogP) is 3.16. The first kappa shape index (κ1) is 18.7. The lowest BCUT2D eigenvalue weighted by molar-refractivity contribution is 0.0586. The van der Waals surface area contributed by atoms with Crippen molar-refractivity contribution < 1.29 is 14.1 Å². The van der Waals surface area contributed by atoms with Crippen molar-refractivity contribution in [3.05, 3.63) is 38.4 Å². The summed E-state index contributed by atoms with van der Waals surface area (Å²) < 4.78 is 11.0. The number of hydrogen-bond donors (Lipinski definition) is 0. The lowest BCUT2D eigenvalue weighted by Gasteiger charge is -2.27. The number of aryl methyl sites for hydroxylation is 2. The summed E-state index contributed by atoms with van der Waals surface area (Å²) in [7, 11) is 1.89. The molecule has 2 aliphatic rings. The van der Waals surface area contributed by atoms with E-state index >= 15 is 0 Å². The van der Waals surface area contributed by atoms with Crippen molar-refractivity contribution in [3.63, 3.8) is 0 Å². The van der Waals surface area contributed by atoms with Crippen LogP contribution in [0.5, 0.6) is 0 Å². The molecule has 6 nitrogen and oxygen atoms in total. The summed E-state index contributed by atoms with van der Waals surface area (Å²) in [6.45, 7) is 8.14. The minimum absolute atomic E-state index is 0.127. The molecule has 4 rings (SSSR count). The van der Waals surface area contributed by atoms with Crippen molar-refractivity contribution in [2.45, 2.75) is 52.3 Å².